The minimum Gasteiger partial charge on any atom is -0.455 e. The van der Waals surface area contributed by atoms with Gasteiger partial charge in [0.25, 0.3) is 11.8 Å². The van der Waals surface area contributed by atoms with Crippen LogP contribution in [0.4, 0.5) is 10.1 Å². The molecule has 1 atom stereocenters. The molecule has 1 fully saturated rings. The molecular weight excluding hydrogens is 393 g/mol. The van der Waals surface area contributed by atoms with Crippen LogP contribution in [0.25, 0.3) is 11.0 Å². The second-order valence-electron chi connectivity index (χ2n) is 7.46. The highest BCUT2D eigenvalue weighted by Crippen LogP contribution is 2.32. The van der Waals surface area contributed by atoms with E-state index in [9.17, 15) is 19.1 Å². The molecule has 2 amide bonds. The van der Waals surface area contributed by atoms with E-state index in [0.29, 0.717) is 12.3 Å². The Kier molecular flexibility index (Phi) is 5.56. The van der Waals surface area contributed by atoms with Crippen molar-refractivity contribution < 1.29 is 27.9 Å². The summed E-state index contributed by atoms with van der Waals surface area (Å²) in [4.78, 5) is 26.6. The summed E-state index contributed by atoms with van der Waals surface area (Å²) >= 11 is 0. The van der Waals surface area contributed by atoms with Gasteiger partial charge in [-0.2, -0.15) is 0 Å². The third kappa shape index (κ3) is 4.07. The number of hydrogen-bond donors (Lipinski definition) is 3. The van der Waals surface area contributed by atoms with Gasteiger partial charge in [-0.25, -0.2) is 4.39 Å². The predicted molar refractivity (Wildman–Crippen MR) is 106 cm³/mol. The Bertz CT molecular complexity index is 1090. The van der Waals surface area contributed by atoms with Crippen LogP contribution >= 0.6 is 0 Å². The Morgan fingerprint density at radius 2 is 2.10 bits per heavy atom. The number of halogens is 1. The van der Waals surface area contributed by atoms with E-state index in [1.54, 1.807) is 6.07 Å². The number of rotatable bonds is 6. The van der Waals surface area contributed by atoms with E-state index in [4.69, 9.17) is 14.6 Å². The zero-order valence-electron chi connectivity index (χ0n) is 16.2. The van der Waals surface area contributed by atoms with E-state index in [0.717, 1.165) is 32.0 Å². The molecule has 158 valence electrons. The lowest BCUT2D eigenvalue weighted by Crippen LogP contribution is -2.36. The first-order chi connectivity index (χ1) is 14.4. The van der Waals surface area contributed by atoms with Gasteiger partial charge in [0.05, 0.1) is 6.54 Å². The zero-order chi connectivity index (χ0) is 21.3. The van der Waals surface area contributed by atoms with Crippen molar-refractivity contribution in [1.29, 1.82) is 0 Å². The van der Waals surface area contributed by atoms with Gasteiger partial charge < -0.3 is 25.0 Å². The lowest BCUT2D eigenvalue weighted by molar-refractivity contribution is 0.0976. The maximum Gasteiger partial charge on any atom is 0.291 e. The number of carbonyl (C=O) groups is 2. The molecule has 0 saturated carbocycles. The molecule has 1 aliphatic rings. The number of primary amides is 1. The highest BCUT2D eigenvalue weighted by molar-refractivity contribution is 6.13. The lowest BCUT2D eigenvalue weighted by Gasteiger charge is -2.30. The van der Waals surface area contributed by atoms with E-state index >= 15 is 0 Å². The van der Waals surface area contributed by atoms with Crippen molar-refractivity contribution in [3.05, 3.63) is 53.4 Å². The number of nitrogens with one attached hydrogen (secondary N) is 1. The van der Waals surface area contributed by atoms with Gasteiger partial charge in [-0.1, -0.05) is 0 Å². The average molecular weight is 415 g/mol. The van der Waals surface area contributed by atoms with E-state index in [1.165, 1.54) is 18.2 Å². The van der Waals surface area contributed by atoms with Gasteiger partial charge >= 0.3 is 0 Å². The van der Waals surface area contributed by atoms with E-state index in [-0.39, 0.29) is 40.7 Å². The van der Waals surface area contributed by atoms with Crippen LogP contribution in [-0.4, -0.2) is 41.5 Å². The zero-order valence-corrected chi connectivity index (χ0v) is 16.2. The number of amides is 2. The Morgan fingerprint density at radius 1 is 1.27 bits per heavy atom. The number of aliphatic hydroxyl groups is 1. The molecule has 3 aromatic rings. The number of likely N-dealkylation sites (tertiary alicyclic amines) is 1. The molecule has 1 unspecified atom stereocenters. The number of hydrogen-bond acceptors (Lipinski definition) is 6. The van der Waals surface area contributed by atoms with Crippen molar-refractivity contribution in [2.45, 2.75) is 19.4 Å². The van der Waals surface area contributed by atoms with Crippen LogP contribution in [0.15, 0.2) is 39.2 Å². The number of carbonyl (C=O) groups excluding carboxylic acids is 2. The minimum absolute atomic E-state index is 0.00164. The molecule has 0 aliphatic carbocycles. The monoisotopic (exact) mass is 415 g/mol. The molecule has 4 rings (SSSR count). The maximum absolute atomic E-state index is 13.7. The fourth-order valence-electron chi connectivity index (χ4n) is 3.79. The number of furan rings is 2. The lowest BCUT2D eigenvalue weighted by atomic mass is 9.99. The van der Waals surface area contributed by atoms with Gasteiger partial charge in [0.1, 0.15) is 22.8 Å². The predicted octanol–water partition coefficient (Wildman–Crippen LogP) is 2.72. The summed E-state index contributed by atoms with van der Waals surface area (Å²) in [7, 11) is 0. The van der Waals surface area contributed by atoms with Gasteiger partial charge in [0.15, 0.2) is 5.76 Å². The number of piperidine rings is 1. The van der Waals surface area contributed by atoms with Crippen molar-refractivity contribution in [1.82, 2.24) is 4.90 Å². The van der Waals surface area contributed by atoms with Crippen LogP contribution in [0.2, 0.25) is 0 Å². The van der Waals surface area contributed by atoms with Crippen molar-refractivity contribution in [3.8, 4) is 0 Å². The van der Waals surface area contributed by atoms with Crippen LogP contribution in [0.5, 0.6) is 0 Å². The average Bonchev–Trinajstić information content (AvgIpc) is 3.33. The van der Waals surface area contributed by atoms with Gasteiger partial charge in [-0.05, 0) is 55.6 Å². The largest absolute Gasteiger partial charge is 0.455 e. The van der Waals surface area contributed by atoms with Crippen molar-refractivity contribution >= 4 is 28.5 Å². The Morgan fingerprint density at radius 3 is 2.87 bits per heavy atom. The van der Waals surface area contributed by atoms with E-state index in [2.05, 4.69) is 10.2 Å². The van der Waals surface area contributed by atoms with Crippen LogP contribution < -0.4 is 11.1 Å². The van der Waals surface area contributed by atoms with Crippen molar-refractivity contribution in [2.75, 3.05) is 25.0 Å². The number of benzene rings is 1. The molecule has 30 heavy (non-hydrogen) atoms. The molecule has 9 heteroatoms. The van der Waals surface area contributed by atoms with Crippen LogP contribution in [0.3, 0.4) is 0 Å². The third-order valence-electron chi connectivity index (χ3n) is 5.24. The number of aliphatic hydroxyl groups excluding tert-OH is 1. The highest BCUT2D eigenvalue weighted by atomic mass is 19.1. The number of fused-ring (bicyclic) bond motifs is 1. The summed E-state index contributed by atoms with van der Waals surface area (Å²) in [5, 5.41) is 12.1. The van der Waals surface area contributed by atoms with Crippen molar-refractivity contribution in [3.63, 3.8) is 0 Å². The third-order valence-corrected chi connectivity index (χ3v) is 5.24. The molecule has 1 aliphatic heterocycles. The highest BCUT2D eigenvalue weighted by Gasteiger charge is 2.24. The molecule has 3 heterocycles. The van der Waals surface area contributed by atoms with Gasteiger partial charge in [0, 0.05) is 18.5 Å². The maximum atomic E-state index is 13.7. The second kappa shape index (κ2) is 8.29. The topological polar surface area (TPSA) is 122 Å². The summed E-state index contributed by atoms with van der Waals surface area (Å²) in [5.74, 6) is -1.40. The quantitative estimate of drug-likeness (QED) is 0.569. The standard InChI is InChI=1S/C21H22FN3O5/c22-13-3-5-16-15(8-13)18(19(30-16)20(23)27)24-21(28)17-6-4-14(29-17)10-25-7-1-2-12(9-25)11-26/h3-6,8,12,26H,1-2,7,9-11H2,(H2,23,27)(H,24,28). The van der Waals surface area contributed by atoms with Crippen LogP contribution in [-0.2, 0) is 6.54 Å². The van der Waals surface area contributed by atoms with Crippen LogP contribution in [0.1, 0.15) is 39.7 Å². The second-order valence-corrected chi connectivity index (χ2v) is 7.46. The first-order valence-electron chi connectivity index (χ1n) is 9.69. The SMILES string of the molecule is NC(=O)c1oc2ccc(F)cc2c1NC(=O)c1ccc(CN2CCCC(CO)C2)o1. The minimum atomic E-state index is -0.884. The summed E-state index contributed by atoms with van der Waals surface area (Å²) < 4.78 is 24.7. The first kappa shape index (κ1) is 20.1. The fraction of sp³-hybridized carbons (Fsp3) is 0.333. The summed E-state index contributed by atoms with van der Waals surface area (Å²) in [6.45, 7) is 2.35. The molecule has 1 saturated heterocycles. The molecule has 0 bridgehead atoms. The number of anilines is 1. The molecular formula is C21H22FN3O5. The molecule has 8 nitrogen and oxygen atoms in total. The normalized spacial score (nSPS) is 17.3. The Labute approximate surface area is 171 Å². The van der Waals surface area contributed by atoms with E-state index in [1.807, 2.05) is 0 Å². The van der Waals surface area contributed by atoms with E-state index < -0.39 is 17.6 Å². The molecule has 4 N–H and O–H groups in total. The summed E-state index contributed by atoms with van der Waals surface area (Å²) in [6, 6.07) is 6.94. The molecule has 2 aromatic heterocycles. The summed E-state index contributed by atoms with van der Waals surface area (Å²) in [6.07, 6.45) is 2.00. The molecule has 0 radical (unpaired) electrons. The summed E-state index contributed by atoms with van der Waals surface area (Å²) in [5.41, 5.74) is 5.56. The van der Waals surface area contributed by atoms with Gasteiger partial charge in [-0.3, -0.25) is 14.5 Å². The fourth-order valence-corrected chi connectivity index (χ4v) is 3.79. The van der Waals surface area contributed by atoms with Crippen molar-refractivity contribution in [2.24, 2.45) is 11.7 Å². The molecule has 1 aromatic carbocycles. The Hall–Kier alpha value is -3.17. The van der Waals surface area contributed by atoms with Crippen LogP contribution in [0, 0.1) is 11.7 Å². The smallest absolute Gasteiger partial charge is 0.291 e. The van der Waals surface area contributed by atoms with Gasteiger partial charge in [-0.15, -0.1) is 0 Å². The Balaban J connectivity index is 1.52. The van der Waals surface area contributed by atoms with Gasteiger partial charge in [0.2, 0.25) is 5.76 Å². The number of nitrogens with zero attached hydrogens (tertiary/aromatic N) is 1. The first-order valence-corrected chi connectivity index (χ1v) is 9.69. The number of nitrogens with two attached hydrogens (primary N) is 1. The molecule has 0 spiro atoms.